The summed E-state index contributed by atoms with van der Waals surface area (Å²) in [5, 5.41) is 8.05. The van der Waals surface area contributed by atoms with E-state index >= 15 is 0 Å². The van der Waals surface area contributed by atoms with Crippen molar-refractivity contribution in [2.24, 2.45) is 5.92 Å². The molecule has 0 amide bonds. The Balaban J connectivity index is 1.78. The van der Waals surface area contributed by atoms with E-state index in [1.165, 1.54) is 26.1 Å². The Labute approximate surface area is 118 Å². The average Bonchev–Trinajstić information content (AvgIpc) is 3.30. The molecule has 0 unspecified atom stereocenters. The summed E-state index contributed by atoms with van der Waals surface area (Å²) in [4.78, 5) is 13.7. The number of methoxy groups -OCH3 is 1. The van der Waals surface area contributed by atoms with Crippen LogP contribution in [0.4, 0.5) is 5.82 Å². The molecule has 2 aliphatic rings. The fourth-order valence-corrected chi connectivity index (χ4v) is 2.64. The zero-order valence-corrected chi connectivity index (χ0v) is 11.8. The van der Waals surface area contributed by atoms with Gasteiger partial charge in [0.15, 0.2) is 5.82 Å². The molecule has 0 bridgehead atoms. The summed E-state index contributed by atoms with van der Waals surface area (Å²) < 4.78 is 10.7. The molecule has 1 aromatic rings. The number of hydrogen-bond donors (Lipinski definition) is 0. The highest BCUT2D eigenvalue weighted by atomic mass is 16.5. The first-order valence-electron chi connectivity index (χ1n) is 6.99. The Morgan fingerprint density at radius 3 is 2.95 bits per heavy atom. The Kier molecular flexibility index (Phi) is 3.56. The first-order valence-corrected chi connectivity index (χ1v) is 6.99. The predicted octanol–water partition coefficient (Wildman–Crippen LogP) is 1.27. The minimum absolute atomic E-state index is 0.165. The molecule has 2 heterocycles. The molecule has 1 aliphatic heterocycles. The van der Waals surface area contributed by atoms with Crippen LogP contribution in [0.15, 0.2) is 12.3 Å². The second-order valence-electron chi connectivity index (χ2n) is 5.52. The van der Waals surface area contributed by atoms with Crippen molar-refractivity contribution in [2.45, 2.75) is 32.0 Å². The standard InChI is InChI=1S/C14H19N3O3/c1-9-7-17(8-12(20-9)10-3-4-10)13-5-11(6-15-16-13)14(18)19-2/h5-6,9-10,12H,3-4,7-8H2,1-2H3/t9-,12+/m1/s1. The third kappa shape index (κ3) is 2.75. The smallest absolute Gasteiger partial charge is 0.339 e. The summed E-state index contributed by atoms with van der Waals surface area (Å²) in [7, 11) is 1.36. The molecule has 2 fully saturated rings. The molecule has 2 atom stereocenters. The van der Waals surface area contributed by atoms with Gasteiger partial charge in [0.25, 0.3) is 0 Å². The van der Waals surface area contributed by atoms with Crippen LogP contribution in [0.2, 0.25) is 0 Å². The zero-order chi connectivity index (χ0) is 14.1. The average molecular weight is 277 g/mol. The van der Waals surface area contributed by atoms with E-state index in [4.69, 9.17) is 9.47 Å². The van der Waals surface area contributed by atoms with Crippen LogP contribution in [-0.4, -0.2) is 48.6 Å². The Morgan fingerprint density at radius 2 is 2.25 bits per heavy atom. The van der Waals surface area contributed by atoms with Crippen molar-refractivity contribution in [2.75, 3.05) is 25.1 Å². The van der Waals surface area contributed by atoms with Gasteiger partial charge in [-0.3, -0.25) is 0 Å². The van der Waals surface area contributed by atoms with Gasteiger partial charge in [-0.1, -0.05) is 0 Å². The highest BCUT2D eigenvalue weighted by Gasteiger charge is 2.37. The van der Waals surface area contributed by atoms with E-state index in [2.05, 4.69) is 22.0 Å². The van der Waals surface area contributed by atoms with Crippen LogP contribution < -0.4 is 4.90 Å². The van der Waals surface area contributed by atoms with Crippen molar-refractivity contribution < 1.29 is 14.3 Å². The molecule has 1 saturated heterocycles. The number of carbonyl (C=O) groups excluding carboxylic acids is 1. The lowest BCUT2D eigenvalue weighted by atomic mass is 10.1. The number of anilines is 1. The van der Waals surface area contributed by atoms with Crippen molar-refractivity contribution >= 4 is 11.8 Å². The van der Waals surface area contributed by atoms with E-state index < -0.39 is 0 Å². The molecule has 6 nitrogen and oxygen atoms in total. The van der Waals surface area contributed by atoms with Crippen molar-refractivity contribution in [1.82, 2.24) is 10.2 Å². The highest BCUT2D eigenvalue weighted by Crippen LogP contribution is 2.37. The van der Waals surface area contributed by atoms with Gasteiger partial charge in [-0.25, -0.2) is 4.79 Å². The number of nitrogens with zero attached hydrogens (tertiary/aromatic N) is 3. The van der Waals surface area contributed by atoms with Gasteiger partial charge in [-0.05, 0) is 31.7 Å². The SMILES string of the molecule is COC(=O)c1cnnc(N2C[C@@H](C)O[C@H](C3CC3)C2)c1. The third-order valence-corrected chi connectivity index (χ3v) is 3.82. The monoisotopic (exact) mass is 277 g/mol. The van der Waals surface area contributed by atoms with Crippen LogP contribution in [0.25, 0.3) is 0 Å². The topological polar surface area (TPSA) is 64.5 Å². The summed E-state index contributed by atoms with van der Waals surface area (Å²) >= 11 is 0. The molecule has 1 aliphatic carbocycles. The van der Waals surface area contributed by atoms with Gasteiger partial charge >= 0.3 is 5.97 Å². The Hall–Kier alpha value is -1.69. The van der Waals surface area contributed by atoms with Crippen molar-refractivity contribution in [3.63, 3.8) is 0 Å². The van der Waals surface area contributed by atoms with E-state index in [9.17, 15) is 4.79 Å². The number of carbonyl (C=O) groups is 1. The molecule has 0 aromatic carbocycles. The zero-order valence-electron chi connectivity index (χ0n) is 11.8. The number of ether oxygens (including phenoxy) is 2. The molecule has 1 aromatic heterocycles. The predicted molar refractivity (Wildman–Crippen MR) is 72.6 cm³/mol. The van der Waals surface area contributed by atoms with Crippen molar-refractivity contribution in [1.29, 1.82) is 0 Å². The molecular formula is C14H19N3O3. The van der Waals surface area contributed by atoms with Gasteiger partial charge in [0, 0.05) is 13.1 Å². The maximum atomic E-state index is 11.6. The molecule has 0 radical (unpaired) electrons. The highest BCUT2D eigenvalue weighted by molar-refractivity contribution is 5.89. The number of morpholine rings is 1. The summed E-state index contributed by atoms with van der Waals surface area (Å²) in [5.74, 6) is 1.01. The van der Waals surface area contributed by atoms with E-state index in [1.54, 1.807) is 6.07 Å². The lowest BCUT2D eigenvalue weighted by molar-refractivity contribution is -0.0274. The molecule has 6 heteroatoms. The van der Waals surface area contributed by atoms with E-state index in [0.29, 0.717) is 17.3 Å². The maximum Gasteiger partial charge on any atom is 0.339 e. The lowest BCUT2D eigenvalue weighted by Gasteiger charge is -2.37. The maximum absolute atomic E-state index is 11.6. The van der Waals surface area contributed by atoms with Crippen LogP contribution in [0.3, 0.4) is 0 Å². The number of aromatic nitrogens is 2. The number of esters is 1. The summed E-state index contributed by atoms with van der Waals surface area (Å²) in [6.07, 6.45) is 4.36. The van der Waals surface area contributed by atoms with Crippen LogP contribution in [0, 0.1) is 5.92 Å². The molecule has 3 rings (SSSR count). The Morgan fingerprint density at radius 1 is 1.45 bits per heavy atom. The summed E-state index contributed by atoms with van der Waals surface area (Å²) in [5.41, 5.74) is 0.430. The van der Waals surface area contributed by atoms with Crippen LogP contribution in [0.5, 0.6) is 0 Å². The quantitative estimate of drug-likeness (QED) is 0.775. The van der Waals surface area contributed by atoms with Gasteiger partial charge in [0.2, 0.25) is 0 Å². The van der Waals surface area contributed by atoms with Gasteiger partial charge < -0.3 is 14.4 Å². The third-order valence-electron chi connectivity index (χ3n) is 3.82. The van der Waals surface area contributed by atoms with Gasteiger partial charge in [0.1, 0.15) is 0 Å². The second kappa shape index (κ2) is 5.36. The van der Waals surface area contributed by atoms with Gasteiger partial charge in [-0.2, -0.15) is 5.10 Å². The molecule has 0 N–H and O–H groups in total. The van der Waals surface area contributed by atoms with Gasteiger partial charge in [0.05, 0.1) is 31.1 Å². The summed E-state index contributed by atoms with van der Waals surface area (Å²) in [6, 6.07) is 1.74. The van der Waals surface area contributed by atoms with Crippen molar-refractivity contribution in [3.8, 4) is 0 Å². The molecule has 20 heavy (non-hydrogen) atoms. The molecule has 1 saturated carbocycles. The van der Waals surface area contributed by atoms with E-state index in [1.807, 2.05) is 0 Å². The van der Waals surface area contributed by atoms with Crippen LogP contribution in [-0.2, 0) is 9.47 Å². The molecule has 108 valence electrons. The minimum atomic E-state index is -0.388. The van der Waals surface area contributed by atoms with Crippen molar-refractivity contribution in [3.05, 3.63) is 17.8 Å². The first-order chi connectivity index (χ1) is 9.67. The normalized spacial score (nSPS) is 26.4. The fourth-order valence-electron chi connectivity index (χ4n) is 2.64. The number of rotatable bonds is 3. The first kappa shape index (κ1) is 13.3. The van der Waals surface area contributed by atoms with E-state index in [-0.39, 0.29) is 18.2 Å². The van der Waals surface area contributed by atoms with E-state index in [0.717, 1.165) is 13.1 Å². The summed E-state index contributed by atoms with van der Waals surface area (Å²) in [6.45, 7) is 3.65. The van der Waals surface area contributed by atoms with Crippen LogP contribution in [0.1, 0.15) is 30.1 Å². The minimum Gasteiger partial charge on any atom is -0.465 e. The molecular weight excluding hydrogens is 258 g/mol. The van der Waals surface area contributed by atoms with Gasteiger partial charge in [-0.15, -0.1) is 5.10 Å². The second-order valence-corrected chi connectivity index (χ2v) is 5.52. The molecule has 0 spiro atoms. The fraction of sp³-hybridized carbons (Fsp3) is 0.643. The Bertz CT molecular complexity index is 504. The lowest BCUT2D eigenvalue weighted by Crippen LogP contribution is -2.48. The largest absolute Gasteiger partial charge is 0.465 e. The van der Waals surface area contributed by atoms with Crippen LogP contribution >= 0.6 is 0 Å². The number of hydrogen-bond acceptors (Lipinski definition) is 6.